The van der Waals surface area contributed by atoms with Crippen LogP contribution in [0, 0.1) is 0 Å². The number of anilines is 1. The first-order valence-electron chi connectivity index (χ1n) is 6.08. The number of imidazole rings is 1. The molecule has 0 aliphatic rings. The van der Waals surface area contributed by atoms with Gasteiger partial charge in [0.2, 0.25) is 5.91 Å². The van der Waals surface area contributed by atoms with E-state index in [2.05, 4.69) is 36.1 Å². The number of carbonyl (C=O) groups is 1. The lowest BCUT2D eigenvalue weighted by atomic mass is 9.93. The SMILES string of the molecule is Cn1ccnc1CC(=O)Nc1nc(C(C)(C)C)cs1. The number of carbonyl (C=O) groups excluding carboxylic acids is 1. The van der Waals surface area contributed by atoms with Gasteiger partial charge in [0, 0.05) is 30.2 Å². The summed E-state index contributed by atoms with van der Waals surface area (Å²) in [6, 6.07) is 0. The number of nitrogens with one attached hydrogen (secondary N) is 1. The number of hydrogen-bond donors (Lipinski definition) is 1. The van der Waals surface area contributed by atoms with Gasteiger partial charge >= 0.3 is 0 Å². The summed E-state index contributed by atoms with van der Waals surface area (Å²) in [6.07, 6.45) is 3.77. The third-order valence-electron chi connectivity index (χ3n) is 2.76. The second-order valence-electron chi connectivity index (χ2n) is 5.47. The first-order chi connectivity index (χ1) is 8.86. The van der Waals surface area contributed by atoms with Gasteiger partial charge in [0.15, 0.2) is 5.13 Å². The van der Waals surface area contributed by atoms with E-state index >= 15 is 0 Å². The predicted octanol–water partition coefficient (Wildman–Crippen LogP) is 2.36. The normalized spacial score (nSPS) is 11.6. The maximum atomic E-state index is 11.9. The molecule has 0 aromatic carbocycles. The molecule has 0 aliphatic heterocycles. The third kappa shape index (κ3) is 3.41. The second-order valence-corrected chi connectivity index (χ2v) is 6.33. The second kappa shape index (κ2) is 5.13. The molecule has 6 heteroatoms. The molecule has 0 saturated carbocycles. The van der Waals surface area contributed by atoms with Gasteiger partial charge in [0.25, 0.3) is 0 Å². The van der Waals surface area contributed by atoms with Gasteiger partial charge in [-0.3, -0.25) is 4.79 Å². The Kier molecular flexibility index (Phi) is 3.71. The van der Waals surface area contributed by atoms with Crippen molar-refractivity contribution in [3.05, 3.63) is 29.3 Å². The minimum Gasteiger partial charge on any atom is -0.338 e. The molecule has 2 aromatic heterocycles. The summed E-state index contributed by atoms with van der Waals surface area (Å²) in [5, 5.41) is 5.44. The maximum absolute atomic E-state index is 11.9. The topological polar surface area (TPSA) is 59.8 Å². The lowest BCUT2D eigenvalue weighted by molar-refractivity contribution is -0.115. The van der Waals surface area contributed by atoms with E-state index in [0.717, 1.165) is 11.5 Å². The molecule has 1 N–H and O–H groups in total. The van der Waals surface area contributed by atoms with Crippen LogP contribution in [0.4, 0.5) is 5.13 Å². The Morgan fingerprint density at radius 2 is 2.21 bits per heavy atom. The molecule has 1 amide bonds. The minimum absolute atomic E-state index is 0.000842. The van der Waals surface area contributed by atoms with E-state index in [1.807, 2.05) is 23.2 Å². The van der Waals surface area contributed by atoms with Crippen molar-refractivity contribution >= 4 is 22.4 Å². The Bertz CT molecular complexity index is 579. The van der Waals surface area contributed by atoms with Crippen LogP contribution in [0.3, 0.4) is 0 Å². The molecule has 102 valence electrons. The summed E-state index contributed by atoms with van der Waals surface area (Å²) in [4.78, 5) is 20.5. The van der Waals surface area contributed by atoms with E-state index in [1.54, 1.807) is 6.20 Å². The van der Waals surface area contributed by atoms with Crippen molar-refractivity contribution < 1.29 is 4.79 Å². The molecule has 5 nitrogen and oxygen atoms in total. The molecule has 0 fully saturated rings. The van der Waals surface area contributed by atoms with E-state index in [1.165, 1.54) is 11.3 Å². The molecule has 2 rings (SSSR count). The third-order valence-corrected chi connectivity index (χ3v) is 3.52. The largest absolute Gasteiger partial charge is 0.338 e. The fraction of sp³-hybridized carbons (Fsp3) is 0.462. The van der Waals surface area contributed by atoms with Crippen molar-refractivity contribution in [1.29, 1.82) is 0 Å². The highest BCUT2D eigenvalue weighted by Gasteiger charge is 2.18. The van der Waals surface area contributed by atoms with Gasteiger partial charge in [-0.05, 0) is 0 Å². The van der Waals surface area contributed by atoms with Crippen molar-refractivity contribution in [2.45, 2.75) is 32.6 Å². The van der Waals surface area contributed by atoms with Gasteiger partial charge < -0.3 is 9.88 Å². The fourth-order valence-electron chi connectivity index (χ4n) is 1.55. The zero-order valence-electron chi connectivity index (χ0n) is 11.6. The monoisotopic (exact) mass is 278 g/mol. The molecule has 2 heterocycles. The summed E-state index contributed by atoms with van der Waals surface area (Å²) in [5.74, 6) is 0.647. The number of nitrogens with zero attached hydrogens (tertiary/aromatic N) is 3. The predicted molar refractivity (Wildman–Crippen MR) is 76.4 cm³/mol. The van der Waals surface area contributed by atoms with Gasteiger partial charge in [-0.25, -0.2) is 9.97 Å². The highest BCUT2D eigenvalue weighted by atomic mass is 32.1. The summed E-state index contributed by atoms with van der Waals surface area (Å²) in [7, 11) is 1.87. The van der Waals surface area contributed by atoms with Crippen LogP contribution in [0.25, 0.3) is 0 Å². The summed E-state index contributed by atoms with van der Waals surface area (Å²) < 4.78 is 1.84. The van der Waals surface area contributed by atoms with E-state index in [0.29, 0.717) is 5.13 Å². The molecule has 0 saturated heterocycles. The highest BCUT2D eigenvalue weighted by molar-refractivity contribution is 7.13. The molecule has 0 radical (unpaired) electrons. The van der Waals surface area contributed by atoms with E-state index < -0.39 is 0 Å². The number of aromatic nitrogens is 3. The molecule has 0 unspecified atom stereocenters. The van der Waals surface area contributed by atoms with Crippen molar-refractivity contribution in [3.8, 4) is 0 Å². The summed E-state index contributed by atoms with van der Waals surface area (Å²) >= 11 is 1.45. The first kappa shape index (κ1) is 13.7. The van der Waals surface area contributed by atoms with E-state index in [9.17, 15) is 4.79 Å². The zero-order chi connectivity index (χ0) is 14.0. The van der Waals surface area contributed by atoms with Crippen LogP contribution in [-0.4, -0.2) is 20.4 Å². The fourth-order valence-corrected chi connectivity index (χ4v) is 2.50. The van der Waals surface area contributed by atoms with Crippen LogP contribution in [-0.2, 0) is 23.7 Å². The Hall–Kier alpha value is -1.69. The number of rotatable bonds is 3. The molecule has 0 bridgehead atoms. The summed E-state index contributed by atoms with van der Waals surface area (Å²) in [6.45, 7) is 6.30. The quantitative estimate of drug-likeness (QED) is 0.937. The van der Waals surface area contributed by atoms with Crippen molar-refractivity contribution in [1.82, 2.24) is 14.5 Å². The standard InChI is InChI=1S/C13H18N4OS/c1-13(2,3)9-8-19-12(15-9)16-11(18)7-10-14-5-6-17(10)4/h5-6,8H,7H2,1-4H3,(H,15,16,18). The molecule has 2 aromatic rings. The maximum Gasteiger partial charge on any atom is 0.233 e. The van der Waals surface area contributed by atoms with Gasteiger partial charge in [0.1, 0.15) is 5.82 Å². The van der Waals surface area contributed by atoms with Crippen LogP contribution in [0.15, 0.2) is 17.8 Å². The molecular formula is C13H18N4OS. The van der Waals surface area contributed by atoms with Crippen molar-refractivity contribution in [3.63, 3.8) is 0 Å². The van der Waals surface area contributed by atoms with Gasteiger partial charge in [-0.1, -0.05) is 20.8 Å². The molecular weight excluding hydrogens is 260 g/mol. The Morgan fingerprint density at radius 1 is 1.47 bits per heavy atom. The molecule has 0 spiro atoms. The lowest BCUT2D eigenvalue weighted by Crippen LogP contribution is -2.17. The first-order valence-corrected chi connectivity index (χ1v) is 6.96. The average molecular weight is 278 g/mol. The van der Waals surface area contributed by atoms with Gasteiger partial charge in [0.05, 0.1) is 12.1 Å². The zero-order valence-corrected chi connectivity index (χ0v) is 12.4. The minimum atomic E-state index is -0.0934. The number of amides is 1. The van der Waals surface area contributed by atoms with Gasteiger partial charge in [-0.2, -0.15) is 0 Å². The van der Waals surface area contributed by atoms with Crippen molar-refractivity contribution in [2.24, 2.45) is 7.05 Å². The van der Waals surface area contributed by atoms with Crippen LogP contribution in [0.5, 0.6) is 0 Å². The Labute approximate surface area is 116 Å². The van der Waals surface area contributed by atoms with E-state index in [-0.39, 0.29) is 17.7 Å². The van der Waals surface area contributed by atoms with Crippen LogP contribution >= 0.6 is 11.3 Å². The van der Waals surface area contributed by atoms with Crippen LogP contribution in [0.2, 0.25) is 0 Å². The number of thiazole rings is 1. The van der Waals surface area contributed by atoms with Crippen molar-refractivity contribution in [2.75, 3.05) is 5.32 Å². The average Bonchev–Trinajstić information content (AvgIpc) is 2.88. The Morgan fingerprint density at radius 3 is 2.74 bits per heavy atom. The van der Waals surface area contributed by atoms with E-state index in [4.69, 9.17) is 0 Å². The molecule has 19 heavy (non-hydrogen) atoms. The van der Waals surface area contributed by atoms with Crippen LogP contribution < -0.4 is 5.32 Å². The molecule has 0 atom stereocenters. The smallest absolute Gasteiger partial charge is 0.233 e. The van der Waals surface area contributed by atoms with Crippen LogP contribution in [0.1, 0.15) is 32.3 Å². The summed E-state index contributed by atoms with van der Waals surface area (Å²) in [5.41, 5.74) is 0.990. The number of aryl methyl sites for hydroxylation is 1. The Balaban J connectivity index is 2.00. The highest BCUT2D eigenvalue weighted by Crippen LogP contribution is 2.26. The molecule has 0 aliphatic carbocycles. The lowest BCUT2D eigenvalue weighted by Gasteiger charge is -2.14. The van der Waals surface area contributed by atoms with Gasteiger partial charge in [-0.15, -0.1) is 11.3 Å². The number of hydrogen-bond acceptors (Lipinski definition) is 4.